The summed E-state index contributed by atoms with van der Waals surface area (Å²) in [6.07, 6.45) is 2.26. The summed E-state index contributed by atoms with van der Waals surface area (Å²) in [5.41, 5.74) is -0.169. The third kappa shape index (κ3) is 5.06. The first-order chi connectivity index (χ1) is 10.1. The number of carbonyl (C=O) groups is 1. The Morgan fingerprint density at radius 3 is 2.14 bits per heavy atom. The minimum Gasteiger partial charge on any atom is -0.308 e. The van der Waals surface area contributed by atoms with Crippen LogP contribution in [-0.2, 0) is 13.6 Å². The molecule has 21 heavy (non-hydrogen) atoms. The molecule has 118 valence electrons. The molecule has 0 aliphatic heterocycles. The molecule has 0 aliphatic carbocycles. The number of rotatable bonds is 10. The van der Waals surface area contributed by atoms with Gasteiger partial charge in [-0.15, -0.1) is 0 Å². The van der Waals surface area contributed by atoms with Crippen LogP contribution >= 0.6 is 7.60 Å². The molecule has 1 rings (SSSR count). The van der Waals surface area contributed by atoms with Gasteiger partial charge in [-0.1, -0.05) is 50.1 Å². The normalized spacial score (nSPS) is 13.1. The van der Waals surface area contributed by atoms with Crippen molar-refractivity contribution >= 4 is 13.4 Å². The van der Waals surface area contributed by atoms with Crippen LogP contribution in [0.5, 0.6) is 0 Å². The van der Waals surface area contributed by atoms with E-state index in [2.05, 4.69) is 0 Å². The van der Waals surface area contributed by atoms with E-state index in [-0.39, 0.29) is 19.0 Å². The second-order valence-electron chi connectivity index (χ2n) is 4.76. The quantitative estimate of drug-likeness (QED) is 0.464. The van der Waals surface area contributed by atoms with Crippen LogP contribution in [0.4, 0.5) is 0 Å². The fraction of sp³-hybridized carbons (Fsp3) is 0.562. The monoisotopic (exact) mass is 312 g/mol. The van der Waals surface area contributed by atoms with Crippen LogP contribution in [0.25, 0.3) is 0 Å². The standard InChI is InChI=1S/C16H25O4P/c1-4-7-13-15(21(18,19-5-2)20-6-3)16(17)14-11-9-8-10-12-14/h8-12,15H,4-7,13H2,1-3H3. The predicted octanol–water partition coefficient (Wildman–Crippen LogP) is 4.69. The number of hydrogen-bond donors (Lipinski definition) is 0. The van der Waals surface area contributed by atoms with Crippen LogP contribution in [0.3, 0.4) is 0 Å². The lowest BCUT2D eigenvalue weighted by Crippen LogP contribution is -2.24. The summed E-state index contributed by atoms with van der Waals surface area (Å²) in [4.78, 5) is 12.7. The maximum atomic E-state index is 13.0. The lowest BCUT2D eigenvalue weighted by atomic mass is 10.0. The molecule has 1 atom stereocenters. The Morgan fingerprint density at radius 1 is 1.10 bits per heavy atom. The van der Waals surface area contributed by atoms with E-state index in [1.165, 1.54) is 0 Å². The van der Waals surface area contributed by atoms with Crippen LogP contribution in [0.1, 0.15) is 50.4 Å². The zero-order valence-electron chi connectivity index (χ0n) is 13.1. The van der Waals surface area contributed by atoms with Crippen molar-refractivity contribution in [3.05, 3.63) is 35.9 Å². The van der Waals surface area contributed by atoms with E-state index in [1.807, 2.05) is 13.0 Å². The van der Waals surface area contributed by atoms with Crippen LogP contribution in [0.2, 0.25) is 0 Å². The van der Waals surface area contributed by atoms with E-state index in [1.54, 1.807) is 38.1 Å². The molecule has 0 saturated carbocycles. The highest BCUT2D eigenvalue weighted by molar-refractivity contribution is 7.55. The molecule has 1 unspecified atom stereocenters. The molecule has 0 saturated heterocycles. The fourth-order valence-electron chi connectivity index (χ4n) is 2.20. The van der Waals surface area contributed by atoms with Gasteiger partial charge in [0.1, 0.15) is 5.66 Å². The Hall–Kier alpha value is -0.960. The molecule has 0 N–H and O–H groups in total. The molecule has 0 amide bonds. The van der Waals surface area contributed by atoms with Gasteiger partial charge in [0.15, 0.2) is 5.78 Å². The summed E-state index contributed by atoms with van der Waals surface area (Å²) >= 11 is 0. The molecule has 0 fully saturated rings. The summed E-state index contributed by atoms with van der Waals surface area (Å²) in [5, 5.41) is 0. The summed E-state index contributed by atoms with van der Waals surface area (Å²) in [6, 6.07) is 8.93. The molecular formula is C16H25O4P. The predicted molar refractivity (Wildman–Crippen MR) is 84.9 cm³/mol. The minimum absolute atomic E-state index is 0.158. The van der Waals surface area contributed by atoms with Gasteiger partial charge in [0, 0.05) is 5.56 Å². The van der Waals surface area contributed by atoms with Crippen molar-refractivity contribution in [3.8, 4) is 0 Å². The zero-order chi connectivity index (χ0) is 15.7. The van der Waals surface area contributed by atoms with Crippen LogP contribution in [0, 0.1) is 0 Å². The highest BCUT2D eigenvalue weighted by atomic mass is 31.2. The highest BCUT2D eigenvalue weighted by Gasteiger charge is 2.40. The average Bonchev–Trinajstić information content (AvgIpc) is 2.48. The van der Waals surface area contributed by atoms with E-state index in [0.717, 1.165) is 12.8 Å². The second-order valence-corrected chi connectivity index (χ2v) is 6.98. The van der Waals surface area contributed by atoms with E-state index in [0.29, 0.717) is 12.0 Å². The largest absolute Gasteiger partial charge is 0.341 e. The molecule has 0 spiro atoms. The average molecular weight is 312 g/mol. The van der Waals surface area contributed by atoms with Gasteiger partial charge < -0.3 is 9.05 Å². The van der Waals surface area contributed by atoms with Crippen molar-refractivity contribution in [3.63, 3.8) is 0 Å². The third-order valence-electron chi connectivity index (χ3n) is 3.19. The molecule has 0 radical (unpaired) electrons. The number of Topliss-reactive ketones (excluding diaryl/α,β-unsaturated/α-hetero) is 1. The Morgan fingerprint density at radius 2 is 1.67 bits per heavy atom. The molecule has 0 bridgehead atoms. The number of carbonyl (C=O) groups excluding carboxylic acids is 1. The van der Waals surface area contributed by atoms with Gasteiger partial charge in [-0.2, -0.15) is 0 Å². The minimum atomic E-state index is -3.43. The van der Waals surface area contributed by atoms with Gasteiger partial charge in [0.2, 0.25) is 0 Å². The van der Waals surface area contributed by atoms with Crippen LogP contribution < -0.4 is 0 Å². The Bertz CT molecular complexity index is 462. The summed E-state index contributed by atoms with van der Waals surface area (Å²) in [7, 11) is -3.43. The molecule has 0 aromatic heterocycles. The summed E-state index contributed by atoms with van der Waals surface area (Å²) in [5.74, 6) is -0.158. The van der Waals surface area contributed by atoms with Crippen molar-refractivity contribution in [1.82, 2.24) is 0 Å². The number of ketones is 1. The van der Waals surface area contributed by atoms with Crippen LogP contribution in [0.15, 0.2) is 30.3 Å². The Labute approximate surface area is 127 Å². The van der Waals surface area contributed by atoms with Crippen molar-refractivity contribution in [2.75, 3.05) is 13.2 Å². The molecule has 1 aromatic carbocycles. The van der Waals surface area contributed by atoms with E-state index < -0.39 is 13.3 Å². The molecule has 4 nitrogen and oxygen atoms in total. The van der Waals surface area contributed by atoms with Gasteiger partial charge in [-0.3, -0.25) is 9.36 Å². The molecule has 0 aliphatic rings. The van der Waals surface area contributed by atoms with Crippen molar-refractivity contribution in [2.24, 2.45) is 0 Å². The SMILES string of the molecule is CCCCC(C(=O)c1ccccc1)P(=O)(OCC)OCC. The summed E-state index contributed by atoms with van der Waals surface area (Å²) in [6.45, 7) is 6.09. The number of hydrogen-bond acceptors (Lipinski definition) is 4. The fourth-order valence-corrected chi connectivity index (χ4v) is 4.29. The van der Waals surface area contributed by atoms with Crippen molar-refractivity contribution in [2.45, 2.75) is 45.7 Å². The van der Waals surface area contributed by atoms with Gasteiger partial charge in [0.25, 0.3) is 0 Å². The van der Waals surface area contributed by atoms with Gasteiger partial charge in [-0.05, 0) is 20.3 Å². The molecule has 5 heteroatoms. The van der Waals surface area contributed by atoms with Crippen molar-refractivity contribution < 1.29 is 18.4 Å². The number of benzene rings is 1. The van der Waals surface area contributed by atoms with E-state index in [9.17, 15) is 9.36 Å². The van der Waals surface area contributed by atoms with E-state index in [4.69, 9.17) is 9.05 Å². The van der Waals surface area contributed by atoms with E-state index >= 15 is 0 Å². The Kier molecular flexibility index (Phi) is 7.87. The van der Waals surface area contributed by atoms with Crippen molar-refractivity contribution in [1.29, 1.82) is 0 Å². The smallest absolute Gasteiger partial charge is 0.308 e. The van der Waals surface area contributed by atoms with Gasteiger partial charge >= 0.3 is 7.60 Å². The van der Waals surface area contributed by atoms with Gasteiger partial charge in [-0.25, -0.2) is 0 Å². The molecule has 0 heterocycles. The maximum Gasteiger partial charge on any atom is 0.341 e. The second kappa shape index (κ2) is 9.14. The third-order valence-corrected chi connectivity index (χ3v) is 5.68. The lowest BCUT2D eigenvalue weighted by Gasteiger charge is -2.25. The first kappa shape index (κ1) is 18.1. The maximum absolute atomic E-state index is 13.0. The molecule has 1 aromatic rings. The highest BCUT2D eigenvalue weighted by Crippen LogP contribution is 2.55. The lowest BCUT2D eigenvalue weighted by molar-refractivity contribution is 0.0962. The molecular weight excluding hydrogens is 287 g/mol. The Balaban J connectivity index is 3.08. The van der Waals surface area contributed by atoms with Gasteiger partial charge in [0.05, 0.1) is 13.2 Å². The first-order valence-corrected chi connectivity index (χ1v) is 9.18. The zero-order valence-corrected chi connectivity index (χ0v) is 14.0. The summed E-state index contributed by atoms with van der Waals surface area (Å²) < 4.78 is 23.7. The topological polar surface area (TPSA) is 52.6 Å². The number of unbranched alkanes of at least 4 members (excludes halogenated alkanes) is 1. The first-order valence-electron chi connectivity index (χ1n) is 7.57. The van der Waals surface area contributed by atoms with Crippen LogP contribution in [-0.4, -0.2) is 24.7 Å².